The number of rotatable bonds is 10. The summed E-state index contributed by atoms with van der Waals surface area (Å²) < 4.78 is 1.87. The Morgan fingerprint density at radius 2 is 1.73 bits per heavy atom. The molecule has 6 heteroatoms. The predicted octanol–water partition coefficient (Wildman–Crippen LogP) is 5.33. The van der Waals surface area contributed by atoms with Crippen LogP contribution in [0.1, 0.15) is 100 Å². The average Bonchev–Trinajstić information content (AvgIpc) is 3.06. The van der Waals surface area contributed by atoms with E-state index in [-0.39, 0.29) is 35.2 Å². The Kier molecular flexibility index (Phi) is 9.57. The van der Waals surface area contributed by atoms with Crippen LogP contribution in [0.2, 0.25) is 0 Å². The summed E-state index contributed by atoms with van der Waals surface area (Å²) in [6, 6.07) is 1.95. The highest BCUT2D eigenvalue weighted by Gasteiger charge is 2.27. The number of unbranched alkanes of at least 4 members (excludes halogenated alkanes) is 1. The Morgan fingerprint density at radius 3 is 2.20 bits per heavy atom. The smallest absolute Gasteiger partial charge is 0.245 e. The van der Waals surface area contributed by atoms with Crippen molar-refractivity contribution in [2.75, 3.05) is 18.4 Å². The molecule has 0 saturated carbocycles. The highest BCUT2D eigenvalue weighted by molar-refractivity contribution is 5.94. The first-order valence-corrected chi connectivity index (χ1v) is 11.5. The van der Waals surface area contributed by atoms with E-state index in [1.54, 1.807) is 4.90 Å². The maximum atomic E-state index is 13.0. The summed E-state index contributed by atoms with van der Waals surface area (Å²) in [6.45, 7) is 19.4. The molecule has 30 heavy (non-hydrogen) atoms. The van der Waals surface area contributed by atoms with Crippen molar-refractivity contribution < 1.29 is 9.59 Å². The molecule has 0 aliphatic rings. The molecule has 2 amide bonds. The summed E-state index contributed by atoms with van der Waals surface area (Å²) in [5.74, 6) is 0.604. The van der Waals surface area contributed by atoms with Crippen molar-refractivity contribution in [3.8, 4) is 0 Å². The Labute approximate surface area is 183 Å². The van der Waals surface area contributed by atoms with E-state index in [0.717, 1.165) is 37.8 Å². The SMILES string of the molecule is CCCCC(CC)C(=O)N(CCC)CC(=O)Nc1cc(C(C)(C)C)nn1C(C)(C)C. The van der Waals surface area contributed by atoms with Crippen LogP contribution in [0.4, 0.5) is 5.82 Å². The van der Waals surface area contributed by atoms with Gasteiger partial charge >= 0.3 is 0 Å². The lowest BCUT2D eigenvalue weighted by Gasteiger charge is -2.27. The zero-order valence-electron chi connectivity index (χ0n) is 20.8. The second-order valence-corrected chi connectivity index (χ2v) is 10.3. The second-order valence-electron chi connectivity index (χ2n) is 10.3. The van der Waals surface area contributed by atoms with Crippen molar-refractivity contribution in [3.05, 3.63) is 11.8 Å². The number of nitrogens with zero attached hydrogens (tertiary/aromatic N) is 3. The van der Waals surface area contributed by atoms with E-state index in [2.05, 4.69) is 60.7 Å². The van der Waals surface area contributed by atoms with Crippen LogP contribution in [-0.2, 0) is 20.5 Å². The van der Waals surface area contributed by atoms with E-state index in [9.17, 15) is 9.59 Å². The van der Waals surface area contributed by atoms with Gasteiger partial charge in [-0.3, -0.25) is 9.59 Å². The number of carbonyl (C=O) groups is 2. The van der Waals surface area contributed by atoms with Crippen molar-refractivity contribution in [3.63, 3.8) is 0 Å². The second kappa shape index (κ2) is 11.0. The number of anilines is 1. The Balaban J connectivity index is 3.02. The molecule has 0 radical (unpaired) electrons. The molecule has 1 heterocycles. The molecule has 1 aromatic rings. The first-order valence-electron chi connectivity index (χ1n) is 11.5. The molecule has 172 valence electrons. The Bertz CT molecular complexity index is 695. The molecule has 1 unspecified atom stereocenters. The summed E-state index contributed by atoms with van der Waals surface area (Å²) in [7, 11) is 0. The van der Waals surface area contributed by atoms with Gasteiger partial charge in [0.15, 0.2) is 0 Å². The largest absolute Gasteiger partial charge is 0.333 e. The molecular formula is C24H44N4O2. The molecule has 0 aliphatic carbocycles. The summed E-state index contributed by atoms with van der Waals surface area (Å²) in [6.07, 6.45) is 4.64. The first kappa shape index (κ1) is 26.2. The van der Waals surface area contributed by atoms with Gasteiger partial charge in [-0.25, -0.2) is 4.68 Å². The lowest BCUT2D eigenvalue weighted by molar-refractivity contribution is -0.138. The predicted molar refractivity (Wildman–Crippen MR) is 125 cm³/mol. The van der Waals surface area contributed by atoms with Gasteiger partial charge in [-0.15, -0.1) is 0 Å². The standard InChI is InChI=1S/C24H44N4O2/c1-10-13-14-18(12-3)22(30)27(15-11-2)17-21(29)25-20-16-19(23(4,5)6)26-28(20)24(7,8)9/h16,18H,10-15,17H2,1-9H3,(H,25,29). The number of nitrogens with one attached hydrogen (secondary N) is 1. The van der Waals surface area contributed by atoms with E-state index in [4.69, 9.17) is 5.10 Å². The highest BCUT2D eigenvalue weighted by Crippen LogP contribution is 2.28. The molecule has 1 atom stereocenters. The molecular weight excluding hydrogens is 376 g/mol. The topological polar surface area (TPSA) is 67.2 Å². The van der Waals surface area contributed by atoms with Crippen LogP contribution in [0.25, 0.3) is 0 Å². The molecule has 6 nitrogen and oxygen atoms in total. The van der Waals surface area contributed by atoms with Gasteiger partial charge in [-0.2, -0.15) is 5.10 Å². The van der Waals surface area contributed by atoms with Crippen molar-refractivity contribution in [1.82, 2.24) is 14.7 Å². The van der Waals surface area contributed by atoms with E-state index in [0.29, 0.717) is 12.4 Å². The molecule has 1 aromatic heterocycles. The Morgan fingerprint density at radius 1 is 1.10 bits per heavy atom. The number of amides is 2. The van der Waals surface area contributed by atoms with E-state index < -0.39 is 0 Å². The third kappa shape index (κ3) is 7.44. The lowest BCUT2D eigenvalue weighted by atomic mass is 9.92. The van der Waals surface area contributed by atoms with Gasteiger partial charge in [-0.1, -0.05) is 54.4 Å². The third-order valence-electron chi connectivity index (χ3n) is 5.27. The summed E-state index contributed by atoms with van der Waals surface area (Å²) in [5.41, 5.74) is 0.548. The minimum Gasteiger partial charge on any atom is -0.333 e. The van der Waals surface area contributed by atoms with Crippen molar-refractivity contribution in [2.45, 2.75) is 105 Å². The minimum atomic E-state index is -0.265. The first-order chi connectivity index (χ1) is 13.8. The minimum absolute atomic E-state index is 0.00287. The number of carbonyl (C=O) groups excluding carboxylic acids is 2. The Hall–Kier alpha value is -1.85. The van der Waals surface area contributed by atoms with E-state index in [1.807, 2.05) is 17.7 Å². The summed E-state index contributed by atoms with van der Waals surface area (Å²) >= 11 is 0. The maximum Gasteiger partial charge on any atom is 0.245 e. The van der Waals surface area contributed by atoms with Crippen LogP contribution in [0.5, 0.6) is 0 Å². The number of aromatic nitrogens is 2. The third-order valence-corrected chi connectivity index (χ3v) is 5.27. The summed E-state index contributed by atoms with van der Waals surface area (Å²) in [5, 5.41) is 7.77. The molecule has 0 fully saturated rings. The van der Waals surface area contributed by atoms with Gasteiger partial charge < -0.3 is 10.2 Å². The van der Waals surface area contributed by atoms with Gasteiger partial charge in [0.05, 0.1) is 17.8 Å². The highest BCUT2D eigenvalue weighted by atomic mass is 16.2. The van der Waals surface area contributed by atoms with Crippen LogP contribution < -0.4 is 5.32 Å². The van der Waals surface area contributed by atoms with Crippen LogP contribution in [-0.4, -0.2) is 39.6 Å². The number of hydrogen-bond donors (Lipinski definition) is 1. The fourth-order valence-electron chi connectivity index (χ4n) is 3.45. The quantitative estimate of drug-likeness (QED) is 0.556. The van der Waals surface area contributed by atoms with Crippen molar-refractivity contribution in [2.24, 2.45) is 5.92 Å². The van der Waals surface area contributed by atoms with Gasteiger partial charge in [0.1, 0.15) is 5.82 Å². The zero-order valence-corrected chi connectivity index (χ0v) is 20.8. The van der Waals surface area contributed by atoms with Crippen molar-refractivity contribution >= 4 is 17.6 Å². The van der Waals surface area contributed by atoms with E-state index in [1.165, 1.54) is 0 Å². The lowest BCUT2D eigenvalue weighted by Crippen LogP contribution is -2.42. The van der Waals surface area contributed by atoms with Gasteiger partial charge in [0.2, 0.25) is 11.8 Å². The van der Waals surface area contributed by atoms with Crippen LogP contribution in [0, 0.1) is 5.92 Å². The molecule has 0 aromatic carbocycles. The normalized spacial score (nSPS) is 13.2. The van der Waals surface area contributed by atoms with Gasteiger partial charge in [0, 0.05) is 23.9 Å². The van der Waals surface area contributed by atoms with Gasteiger partial charge in [0.25, 0.3) is 0 Å². The fraction of sp³-hybridized carbons (Fsp3) is 0.792. The average molecular weight is 421 g/mol. The molecule has 0 bridgehead atoms. The van der Waals surface area contributed by atoms with Gasteiger partial charge in [-0.05, 0) is 40.0 Å². The molecule has 0 saturated heterocycles. The summed E-state index contributed by atoms with van der Waals surface area (Å²) in [4.78, 5) is 27.7. The molecule has 0 spiro atoms. The van der Waals surface area contributed by atoms with Crippen LogP contribution >= 0.6 is 0 Å². The molecule has 1 N–H and O–H groups in total. The monoisotopic (exact) mass is 420 g/mol. The maximum absolute atomic E-state index is 13.0. The number of hydrogen-bond acceptors (Lipinski definition) is 3. The molecule has 0 aliphatic heterocycles. The molecule has 1 rings (SSSR count). The van der Waals surface area contributed by atoms with Crippen LogP contribution in [0.3, 0.4) is 0 Å². The fourth-order valence-corrected chi connectivity index (χ4v) is 3.45. The van der Waals surface area contributed by atoms with Crippen molar-refractivity contribution in [1.29, 1.82) is 0 Å². The van der Waals surface area contributed by atoms with Crippen LogP contribution in [0.15, 0.2) is 6.07 Å². The zero-order chi connectivity index (χ0) is 23.1. The van der Waals surface area contributed by atoms with E-state index >= 15 is 0 Å².